The van der Waals surface area contributed by atoms with Crippen LogP contribution in [0.25, 0.3) is 0 Å². The van der Waals surface area contributed by atoms with Crippen molar-refractivity contribution in [2.45, 2.75) is 13.5 Å². The summed E-state index contributed by atoms with van der Waals surface area (Å²) in [5.74, 6) is 0.328. The van der Waals surface area contributed by atoms with Crippen LogP contribution < -0.4 is 4.72 Å². The Labute approximate surface area is 117 Å². The minimum Gasteiger partial charge on any atom is -0.266 e. The Bertz CT molecular complexity index is 678. The lowest BCUT2D eigenvalue weighted by atomic mass is 10.2. The molecule has 1 aromatic carbocycles. The van der Waals surface area contributed by atoms with Crippen molar-refractivity contribution in [2.24, 2.45) is 0 Å². The van der Waals surface area contributed by atoms with Gasteiger partial charge in [-0.1, -0.05) is 23.7 Å². The third kappa shape index (κ3) is 3.97. The van der Waals surface area contributed by atoms with Gasteiger partial charge in [-0.25, -0.2) is 8.42 Å². The normalized spacial score (nSPS) is 11.5. The fraction of sp³-hybridized carbons (Fsp3) is 0.250. The van der Waals surface area contributed by atoms with E-state index in [-0.39, 0.29) is 0 Å². The van der Waals surface area contributed by atoms with Crippen molar-refractivity contribution in [2.75, 3.05) is 11.0 Å². The van der Waals surface area contributed by atoms with Crippen LogP contribution >= 0.6 is 11.6 Å². The molecule has 19 heavy (non-hydrogen) atoms. The Morgan fingerprint density at radius 2 is 1.95 bits per heavy atom. The first-order valence-corrected chi connectivity index (χ1v) is 7.87. The topological polar surface area (TPSA) is 64.0 Å². The molecule has 0 aliphatic carbocycles. The van der Waals surface area contributed by atoms with Crippen molar-refractivity contribution in [3.8, 4) is 0 Å². The zero-order valence-electron chi connectivity index (χ0n) is 10.6. The second kappa shape index (κ2) is 5.22. The maximum atomic E-state index is 11.1. The van der Waals surface area contributed by atoms with Crippen LogP contribution in [-0.2, 0) is 16.6 Å². The van der Waals surface area contributed by atoms with Gasteiger partial charge in [0.05, 0.1) is 12.8 Å². The summed E-state index contributed by atoms with van der Waals surface area (Å²) in [6.45, 7) is 2.44. The van der Waals surface area contributed by atoms with Crippen LogP contribution in [0.15, 0.2) is 30.3 Å². The van der Waals surface area contributed by atoms with E-state index in [0.717, 1.165) is 17.5 Å². The van der Waals surface area contributed by atoms with Crippen LogP contribution in [0.3, 0.4) is 0 Å². The highest BCUT2D eigenvalue weighted by Gasteiger charge is 2.08. The van der Waals surface area contributed by atoms with Gasteiger partial charge in [-0.05, 0) is 24.6 Å². The monoisotopic (exact) mass is 299 g/mol. The molecule has 0 radical (unpaired) electrons. The number of anilines is 1. The van der Waals surface area contributed by atoms with Crippen LogP contribution in [-0.4, -0.2) is 24.5 Å². The summed E-state index contributed by atoms with van der Waals surface area (Å²) in [5, 5.41) is 4.89. The van der Waals surface area contributed by atoms with Gasteiger partial charge in [-0.3, -0.25) is 9.40 Å². The van der Waals surface area contributed by atoms with E-state index in [9.17, 15) is 8.42 Å². The molecule has 0 saturated heterocycles. The number of aryl methyl sites for hydroxylation is 1. The van der Waals surface area contributed by atoms with E-state index in [0.29, 0.717) is 17.4 Å². The highest BCUT2D eigenvalue weighted by molar-refractivity contribution is 7.92. The van der Waals surface area contributed by atoms with Gasteiger partial charge in [0, 0.05) is 16.8 Å². The number of benzene rings is 1. The number of halogens is 1. The highest BCUT2D eigenvalue weighted by atomic mass is 35.5. The molecule has 7 heteroatoms. The number of nitrogens with one attached hydrogen (secondary N) is 1. The maximum Gasteiger partial charge on any atom is 0.231 e. The highest BCUT2D eigenvalue weighted by Crippen LogP contribution is 2.14. The minimum atomic E-state index is -3.30. The average Bonchev–Trinajstić information content (AvgIpc) is 2.60. The van der Waals surface area contributed by atoms with Crippen LogP contribution in [0.4, 0.5) is 5.82 Å². The third-order valence-corrected chi connectivity index (χ3v) is 3.35. The molecular formula is C12H14ClN3O2S. The molecule has 2 aromatic rings. The van der Waals surface area contributed by atoms with E-state index >= 15 is 0 Å². The molecular weight excluding hydrogens is 286 g/mol. The minimum absolute atomic E-state index is 0.328. The molecule has 0 bridgehead atoms. The maximum absolute atomic E-state index is 11.1. The molecule has 0 unspecified atom stereocenters. The Balaban J connectivity index is 2.19. The predicted molar refractivity (Wildman–Crippen MR) is 76.0 cm³/mol. The summed E-state index contributed by atoms with van der Waals surface area (Å²) in [7, 11) is -3.30. The van der Waals surface area contributed by atoms with Crippen molar-refractivity contribution in [3.05, 3.63) is 46.6 Å². The first-order chi connectivity index (χ1) is 8.83. The van der Waals surface area contributed by atoms with Crippen LogP contribution in [0.1, 0.15) is 11.3 Å². The smallest absolute Gasteiger partial charge is 0.231 e. The van der Waals surface area contributed by atoms with Gasteiger partial charge in [0.2, 0.25) is 10.0 Å². The molecule has 102 valence electrons. The van der Waals surface area contributed by atoms with Gasteiger partial charge in [0.15, 0.2) is 5.82 Å². The lowest BCUT2D eigenvalue weighted by Gasteiger charge is -2.04. The van der Waals surface area contributed by atoms with E-state index in [4.69, 9.17) is 11.6 Å². The summed E-state index contributed by atoms with van der Waals surface area (Å²) < 4.78 is 26.4. The summed E-state index contributed by atoms with van der Waals surface area (Å²) in [6, 6.07) is 9.13. The van der Waals surface area contributed by atoms with Crippen LogP contribution in [0.5, 0.6) is 0 Å². The molecule has 0 atom stereocenters. The van der Waals surface area contributed by atoms with E-state index in [1.165, 1.54) is 0 Å². The quantitative estimate of drug-likeness (QED) is 0.942. The van der Waals surface area contributed by atoms with Crippen molar-refractivity contribution >= 4 is 27.4 Å². The number of aromatic nitrogens is 2. The summed E-state index contributed by atoms with van der Waals surface area (Å²) in [6.07, 6.45) is 1.10. The van der Waals surface area contributed by atoms with Gasteiger partial charge in [-0.15, -0.1) is 0 Å². The van der Waals surface area contributed by atoms with Gasteiger partial charge < -0.3 is 0 Å². The Morgan fingerprint density at radius 1 is 1.32 bits per heavy atom. The third-order valence-electron chi connectivity index (χ3n) is 2.52. The van der Waals surface area contributed by atoms with Crippen molar-refractivity contribution < 1.29 is 8.42 Å². The van der Waals surface area contributed by atoms with Gasteiger partial charge in [0.1, 0.15) is 0 Å². The Hall–Kier alpha value is -1.53. The SMILES string of the molecule is Cc1cc(NS(C)(=O)=O)nn1Cc1ccc(Cl)cc1. The average molecular weight is 300 g/mol. The number of sulfonamides is 1. The number of hydrogen-bond donors (Lipinski definition) is 1. The second-order valence-electron chi connectivity index (χ2n) is 4.33. The lowest BCUT2D eigenvalue weighted by molar-refractivity contribution is 0.606. The van der Waals surface area contributed by atoms with Crippen molar-refractivity contribution in [3.63, 3.8) is 0 Å². The number of nitrogens with zero attached hydrogens (tertiary/aromatic N) is 2. The molecule has 0 saturated carbocycles. The Morgan fingerprint density at radius 3 is 2.53 bits per heavy atom. The van der Waals surface area contributed by atoms with E-state index < -0.39 is 10.0 Å². The van der Waals surface area contributed by atoms with Crippen LogP contribution in [0.2, 0.25) is 5.02 Å². The summed E-state index contributed by atoms with van der Waals surface area (Å²) in [5.41, 5.74) is 1.92. The fourth-order valence-corrected chi connectivity index (χ4v) is 2.28. The molecule has 0 amide bonds. The number of hydrogen-bond acceptors (Lipinski definition) is 3. The largest absolute Gasteiger partial charge is 0.266 e. The molecule has 1 aromatic heterocycles. The predicted octanol–water partition coefficient (Wildman–Crippen LogP) is 2.26. The molecule has 1 N–H and O–H groups in total. The van der Waals surface area contributed by atoms with Gasteiger partial charge >= 0.3 is 0 Å². The molecule has 0 spiro atoms. The summed E-state index contributed by atoms with van der Waals surface area (Å²) in [4.78, 5) is 0. The second-order valence-corrected chi connectivity index (χ2v) is 6.51. The van der Waals surface area contributed by atoms with Crippen LogP contribution in [0, 0.1) is 6.92 Å². The first kappa shape index (κ1) is 13.9. The molecule has 0 aliphatic rings. The molecule has 2 rings (SSSR count). The molecule has 1 heterocycles. The zero-order valence-corrected chi connectivity index (χ0v) is 12.2. The standard InChI is InChI=1S/C12H14ClN3O2S/c1-9-7-12(15-19(2,17)18)14-16(9)8-10-3-5-11(13)6-4-10/h3-7H,8H2,1-2H3,(H,14,15). The lowest BCUT2D eigenvalue weighted by Crippen LogP contribution is -2.11. The molecule has 0 aliphatic heterocycles. The molecule has 5 nitrogen and oxygen atoms in total. The van der Waals surface area contributed by atoms with Gasteiger partial charge in [-0.2, -0.15) is 5.10 Å². The first-order valence-electron chi connectivity index (χ1n) is 5.60. The number of rotatable bonds is 4. The van der Waals surface area contributed by atoms with Crippen molar-refractivity contribution in [1.82, 2.24) is 9.78 Å². The Kier molecular flexibility index (Phi) is 3.82. The summed E-state index contributed by atoms with van der Waals surface area (Å²) >= 11 is 5.82. The van der Waals surface area contributed by atoms with Gasteiger partial charge in [0.25, 0.3) is 0 Å². The van der Waals surface area contributed by atoms with E-state index in [2.05, 4.69) is 9.82 Å². The molecule has 0 fully saturated rings. The van der Waals surface area contributed by atoms with Crippen molar-refractivity contribution in [1.29, 1.82) is 0 Å². The van der Waals surface area contributed by atoms with E-state index in [1.807, 2.05) is 31.2 Å². The van der Waals surface area contributed by atoms with E-state index in [1.54, 1.807) is 10.7 Å². The zero-order chi connectivity index (χ0) is 14.0. The fourth-order valence-electron chi connectivity index (χ4n) is 1.67.